The zero-order chi connectivity index (χ0) is 17.8. The van der Waals surface area contributed by atoms with Gasteiger partial charge in [-0.2, -0.15) is 15.8 Å². The van der Waals surface area contributed by atoms with E-state index in [-0.39, 0.29) is 16.8 Å². The van der Waals surface area contributed by atoms with Gasteiger partial charge in [0.05, 0.1) is 22.7 Å². The maximum atomic E-state index is 9.44. The number of nitrogens with two attached hydrogens (primary N) is 1. The van der Waals surface area contributed by atoms with Gasteiger partial charge in [0.15, 0.2) is 10.5 Å². The number of nitriles is 3. The van der Waals surface area contributed by atoms with Crippen molar-refractivity contribution in [2.45, 2.75) is 0 Å². The van der Waals surface area contributed by atoms with Gasteiger partial charge in [0, 0.05) is 17.1 Å². The third-order valence-electron chi connectivity index (χ3n) is 3.53. The second-order valence-corrected chi connectivity index (χ2v) is 5.82. The first kappa shape index (κ1) is 16.0. The van der Waals surface area contributed by atoms with Crippen molar-refractivity contribution in [3.05, 3.63) is 64.4 Å². The number of hydrogen-bond acceptors (Lipinski definition) is 6. The van der Waals surface area contributed by atoms with Crippen LogP contribution in [0.15, 0.2) is 58.8 Å². The molecule has 0 amide bonds. The molecule has 0 aliphatic rings. The topological polar surface area (TPSA) is 115 Å². The van der Waals surface area contributed by atoms with E-state index < -0.39 is 0 Å². The smallest absolute Gasteiger partial charge is 0.194 e. The van der Waals surface area contributed by atoms with Crippen molar-refractivity contribution in [2.75, 3.05) is 0 Å². The average Bonchev–Trinajstić information content (AvgIpc) is 3.23. The van der Waals surface area contributed by atoms with Crippen LogP contribution in [0.4, 0.5) is 0 Å². The molecule has 3 aromatic rings. The van der Waals surface area contributed by atoms with E-state index in [4.69, 9.17) is 16.3 Å². The Hall–Kier alpha value is -3.86. The lowest BCUT2D eigenvalue weighted by molar-refractivity contribution is 1.20. The van der Waals surface area contributed by atoms with Gasteiger partial charge >= 0.3 is 0 Å². The van der Waals surface area contributed by atoms with E-state index in [2.05, 4.69) is 4.98 Å². The van der Waals surface area contributed by atoms with E-state index >= 15 is 0 Å². The average molecular weight is 342 g/mol. The Labute approximate surface area is 147 Å². The van der Waals surface area contributed by atoms with Crippen LogP contribution in [0.25, 0.3) is 22.3 Å². The second kappa shape index (κ2) is 6.72. The molecule has 0 aliphatic carbocycles. The highest BCUT2D eigenvalue weighted by atomic mass is 32.1. The fourth-order valence-corrected chi connectivity index (χ4v) is 3.06. The Morgan fingerprint density at radius 1 is 1.12 bits per heavy atom. The lowest BCUT2D eigenvalue weighted by Gasteiger charge is -2.02. The Bertz CT molecular complexity index is 1110. The number of nitrogens with zero attached hydrogens (tertiary/aromatic N) is 5. The summed E-state index contributed by atoms with van der Waals surface area (Å²) in [5, 5.41) is 29.3. The Morgan fingerprint density at radius 2 is 1.84 bits per heavy atom. The molecule has 6 nitrogen and oxygen atoms in total. The first-order valence-corrected chi connectivity index (χ1v) is 8.00. The molecule has 0 aliphatic heterocycles. The van der Waals surface area contributed by atoms with Crippen molar-refractivity contribution in [2.24, 2.45) is 5.73 Å². The molecule has 0 unspecified atom stereocenters. The van der Waals surface area contributed by atoms with Crippen LogP contribution in [0.5, 0.6) is 0 Å². The van der Waals surface area contributed by atoms with Gasteiger partial charge in [-0.1, -0.05) is 30.3 Å². The summed E-state index contributed by atoms with van der Waals surface area (Å²) in [5.41, 5.74) is 7.70. The summed E-state index contributed by atoms with van der Waals surface area (Å²) in [5.74, 6) is 0. The van der Waals surface area contributed by atoms with Gasteiger partial charge in [-0.15, -0.1) is 11.3 Å². The van der Waals surface area contributed by atoms with Crippen LogP contribution in [0.2, 0.25) is 0 Å². The molecule has 1 aromatic carbocycles. The van der Waals surface area contributed by atoms with Crippen LogP contribution in [0.1, 0.15) is 5.69 Å². The molecule has 7 heteroatoms. The van der Waals surface area contributed by atoms with Crippen LogP contribution in [0.3, 0.4) is 0 Å². The Kier molecular flexibility index (Phi) is 4.30. The summed E-state index contributed by atoms with van der Waals surface area (Å²) in [6, 6.07) is 14.9. The fourth-order valence-electron chi connectivity index (χ4n) is 2.34. The number of benzene rings is 1. The van der Waals surface area contributed by atoms with E-state index in [0.29, 0.717) is 11.4 Å². The highest BCUT2D eigenvalue weighted by Crippen LogP contribution is 2.29. The molecule has 0 atom stereocenters. The minimum absolute atomic E-state index is 0.0447. The van der Waals surface area contributed by atoms with Gasteiger partial charge in [-0.3, -0.25) is 4.40 Å². The van der Waals surface area contributed by atoms with Gasteiger partial charge < -0.3 is 5.73 Å². The minimum Gasteiger partial charge on any atom is -0.396 e. The molecule has 0 spiro atoms. The van der Waals surface area contributed by atoms with Crippen molar-refractivity contribution < 1.29 is 0 Å². The van der Waals surface area contributed by atoms with Gasteiger partial charge in [0.2, 0.25) is 0 Å². The zero-order valence-electron chi connectivity index (χ0n) is 12.8. The molecule has 3 rings (SSSR count). The van der Waals surface area contributed by atoms with Crippen LogP contribution >= 0.6 is 11.3 Å². The number of hydrogen-bond donors (Lipinski definition) is 1. The third-order valence-corrected chi connectivity index (χ3v) is 4.29. The summed E-state index contributed by atoms with van der Waals surface area (Å²) in [4.78, 5) is 5.38. The molecule has 0 saturated carbocycles. The molecule has 25 heavy (non-hydrogen) atoms. The lowest BCUT2D eigenvalue weighted by atomic mass is 10.1. The van der Waals surface area contributed by atoms with E-state index in [9.17, 15) is 5.26 Å². The first-order chi connectivity index (χ1) is 12.2. The predicted molar refractivity (Wildman–Crippen MR) is 94.5 cm³/mol. The van der Waals surface area contributed by atoms with E-state index in [1.807, 2.05) is 52.4 Å². The zero-order valence-corrected chi connectivity index (χ0v) is 13.7. The molecular formula is C18H10N6S. The number of aromatic nitrogens is 2. The van der Waals surface area contributed by atoms with Crippen molar-refractivity contribution in [3.8, 4) is 29.5 Å². The van der Waals surface area contributed by atoms with E-state index in [0.717, 1.165) is 10.5 Å². The van der Waals surface area contributed by atoms with Crippen molar-refractivity contribution in [1.29, 1.82) is 15.8 Å². The summed E-state index contributed by atoms with van der Waals surface area (Å²) in [6.07, 6.45) is 3.40. The third kappa shape index (κ3) is 2.86. The molecule has 2 N–H and O–H groups in total. The lowest BCUT2D eigenvalue weighted by Crippen LogP contribution is -2.04. The standard InChI is InChI=1S/C18H10N6S/c19-9-13(16(22)14(10-20)11-21)8-15-17(12-4-2-1-3-5-12)23-18-24(15)6-7-25-18/h1-8H,22H2/b13-8-. The highest BCUT2D eigenvalue weighted by Gasteiger charge is 2.16. The van der Waals surface area contributed by atoms with Crippen LogP contribution in [-0.2, 0) is 0 Å². The molecule has 118 valence electrons. The van der Waals surface area contributed by atoms with Crippen molar-refractivity contribution >= 4 is 22.4 Å². The normalized spacial score (nSPS) is 10.7. The Morgan fingerprint density at radius 3 is 2.48 bits per heavy atom. The monoisotopic (exact) mass is 342 g/mol. The number of rotatable bonds is 3. The first-order valence-electron chi connectivity index (χ1n) is 7.12. The fraction of sp³-hybridized carbons (Fsp3) is 0. The van der Waals surface area contributed by atoms with Gasteiger partial charge in [0.25, 0.3) is 0 Å². The maximum absolute atomic E-state index is 9.44. The SMILES string of the molecule is N#CC(C#N)=C(N)/C(C#N)=C\c1c(-c2ccccc2)nc2sccn12. The number of allylic oxidation sites excluding steroid dienone is 2. The van der Waals surface area contributed by atoms with Crippen LogP contribution in [0, 0.1) is 34.0 Å². The summed E-state index contributed by atoms with van der Waals surface area (Å²) >= 11 is 1.47. The molecule has 0 fully saturated rings. The molecule has 0 bridgehead atoms. The largest absolute Gasteiger partial charge is 0.396 e. The number of imidazole rings is 1. The number of thiazole rings is 1. The summed E-state index contributed by atoms with van der Waals surface area (Å²) in [7, 11) is 0. The van der Waals surface area contributed by atoms with Gasteiger partial charge in [0.1, 0.15) is 18.2 Å². The van der Waals surface area contributed by atoms with Crippen molar-refractivity contribution in [1.82, 2.24) is 9.38 Å². The summed E-state index contributed by atoms with van der Waals surface area (Å²) < 4.78 is 1.84. The quantitative estimate of drug-likeness (QED) is 0.579. The van der Waals surface area contributed by atoms with Crippen molar-refractivity contribution in [3.63, 3.8) is 0 Å². The predicted octanol–water partition coefficient (Wildman–Crippen LogP) is 3.23. The molecule has 2 aromatic heterocycles. The second-order valence-electron chi connectivity index (χ2n) is 4.95. The Balaban J connectivity index is 2.27. The van der Waals surface area contributed by atoms with Gasteiger partial charge in [-0.05, 0) is 6.08 Å². The highest BCUT2D eigenvalue weighted by molar-refractivity contribution is 7.15. The van der Waals surface area contributed by atoms with E-state index in [1.165, 1.54) is 11.3 Å². The minimum atomic E-state index is -0.292. The maximum Gasteiger partial charge on any atom is 0.194 e. The van der Waals surface area contributed by atoms with Crippen LogP contribution < -0.4 is 5.73 Å². The molecule has 0 radical (unpaired) electrons. The molecular weight excluding hydrogens is 332 g/mol. The number of fused-ring (bicyclic) bond motifs is 1. The van der Waals surface area contributed by atoms with Crippen LogP contribution in [-0.4, -0.2) is 9.38 Å². The molecule has 2 heterocycles. The van der Waals surface area contributed by atoms with E-state index in [1.54, 1.807) is 18.2 Å². The van der Waals surface area contributed by atoms with Gasteiger partial charge in [-0.25, -0.2) is 4.98 Å². The summed E-state index contributed by atoms with van der Waals surface area (Å²) in [6.45, 7) is 0. The molecule has 0 saturated heterocycles.